The van der Waals surface area contributed by atoms with Gasteiger partial charge in [-0.3, -0.25) is 4.98 Å². The van der Waals surface area contributed by atoms with Gasteiger partial charge in [-0.25, -0.2) is 0 Å². The summed E-state index contributed by atoms with van der Waals surface area (Å²) in [6.07, 6.45) is 0.924. The van der Waals surface area contributed by atoms with Crippen LogP contribution in [0.15, 0.2) is 18.2 Å². The van der Waals surface area contributed by atoms with Crippen LogP contribution >= 0.6 is 23.2 Å². The third-order valence-corrected chi connectivity index (χ3v) is 3.42. The van der Waals surface area contributed by atoms with Crippen molar-refractivity contribution in [2.24, 2.45) is 5.92 Å². The van der Waals surface area contributed by atoms with Crippen molar-refractivity contribution >= 4 is 39.8 Å². The molecule has 2 aromatic rings. The van der Waals surface area contributed by atoms with E-state index in [-0.39, 0.29) is 0 Å². The standard InChI is InChI=1S/C14H16Cl2N2/c1-8(2)6-9-7-12(17-3)13-10(15)4-5-11(16)14(13)18-9/h4-5,7-8H,6H2,1-3H3,(H,17,18). The molecule has 0 aliphatic carbocycles. The van der Waals surface area contributed by atoms with Gasteiger partial charge >= 0.3 is 0 Å². The van der Waals surface area contributed by atoms with E-state index in [4.69, 9.17) is 23.2 Å². The van der Waals surface area contributed by atoms with Crippen LogP contribution in [-0.2, 0) is 6.42 Å². The molecule has 0 saturated carbocycles. The third kappa shape index (κ3) is 2.55. The third-order valence-electron chi connectivity index (χ3n) is 2.80. The van der Waals surface area contributed by atoms with Crippen LogP contribution in [0.3, 0.4) is 0 Å². The Kier molecular flexibility index (Phi) is 3.98. The van der Waals surface area contributed by atoms with E-state index in [2.05, 4.69) is 24.1 Å². The monoisotopic (exact) mass is 282 g/mol. The van der Waals surface area contributed by atoms with Crippen LogP contribution < -0.4 is 5.32 Å². The first-order chi connectivity index (χ1) is 8.52. The molecule has 0 atom stereocenters. The maximum Gasteiger partial charge on any atom is 0.0927 e. The first kappa shape index (κ1) is 13.4. The Morgan fingerprint density at radius 3 is 2.50 bits per heavy atom. The van der Waals surface area contributed by atoms with Crippen molar-refractivity contribution in [2.75, 3.05) is 12.4 Å². The van der Waals surface area contributed by atoms with Gasteiger partial charge in [0.1, 0.15) is 0 Å². The molecule has 0 bridgehead atoms. The Labute approximate surface area is 117 Å². The fourth-order valence-corrected chi connectivity index (χ4v) is 2.50. The number of hydrogen-bond acceptors (Lipinski definition) is 2. The quantitative estimate of drug-likeness (QED) is 0.876. The first-order valence-electron chi connectivity index (χ1n) is 5.98. The van der Waals surface area contributed by atoms with E-state index in [9.17, 15) is 0 Å². The summed E-state index contributed by atoms with van der Waals surface area (Å²) in [4.78, 5) is 4.63. The van der Waals surface area contributed by atoms with Crippen molar-refractivity contribution < 1.29 is 0 Å². The Bertz CT molecular complexity index is 580. The fourth-order valence-electron chi connectivity index (χ4n) is 2.04. The SMILES string of the molecule is CNc1cc(CC(C)C)nc2c(Cl)ccc(Cl)c12. The number of nitrogens with one attached hydrogen (secondary N) is 1. The number of nitrogens with zero attached hydrogens (tertiary/aromatic N) is 1. The molecular weight excluding hydrogens is 267 g/mol. The average Bonchev–Trinajstić information content (AvgIpc) is 2.32. The Morgan fingerprint density at radius 2 is 1.89 bits per heavy atom. The summed E-state index contributed by atoms with van der Waals surface area (Å²) in [6.45, 7) is 4.34. The van der Waals surface area contributed by atoms with E-state index in [0.29, 0.717) is 16.0 Å². The molecule has 0 unspecified atom stereocenters. The lowest BCUT2D eigenvalue weighted by molar-refractivity contribution is 0.637. The maximum atomic E-state index is 6.23. The molecule has 0 aliphatic rings. The van der Waals surface area contributed by atoms with Crippen LogP contribution in [0, 0.1) is 5.92 Å². The second kappa shape index (κ2) is 5.33. The van der Waals surface area contributed by atoms with Crippen molar-refractivity contribution in [3.63, 3.8) is 0 Å². The van der Waals surface area contributed by atoms with Gasteiger partial charge in [0.25, 0.3) is 0 Å². The zero-order valence-corrected chi connectivity index (χ0v) is 12.2. The van der Waals surface area contributed by atoms with E-state index in [1.807, 2.05) is 13.1 Å². The van der Waals surface area contributed by atoms with Crippen LogP contribution in [-0.4, -0.2) is 12.0 Å². The molecule has 4 heteroatoms. The topological polar surface area (TPSA) is 24.9 Å². The van der Waals surface area contributed by atoms with Crippen molar-refractivity contribution in [2.45, 2.75) is 20.3 Å². The summed E-state index contributed by atoms with van der Waals surface area (Å²) in [5.74, 6) is 0.553. The van der Waals surface area contributed by atoms with E-state index < -0.39 is 0 Å². The fraction of sp³-hybridized carbons (Fsp3) is 0.357. The number of anilines is 1. The smallest absolute Gasteiger partial charge is 0.0927 e. The number of halogens is 2. The van der Waals surface area contributed by atoms with Gasteiger partial charge in [0, 0.05) is 23.8 Å². The highest BCUT2D eigenvalue weighted by Crippen LogP contribution is 2.34. The number of rotatable bonds is 3. The second-order valence-electron chi connectivity index (χ2n) is 4.76. The highest BCUT2D eigenvalue weighted by molar-refractivity contribution is 6.40. The molecule has 1 heterocycles. The molecule has 0 fully saturated rings. The van der Waals surface area contributed by atoms with Crippen LogP contribution in [0.1, 0.15) is 19.5 Å². The predicted molar refractivity (Wildman–Crippen MR) is 79.9 cm³/mol. The Balaban J connectivity index is 2.71. The lowest BCUT2D eigenvalue weighted by atomic mass is 10.1. The molecule has 0 aliphatic heterocycles. The summed E-state index contributed by atoms with van der Waals surface area (Å²) < 4.78 is 0. The Morgan fingerprint density at radius 1 is 1.22 bits per heavy atom. The average molecular weight is 283 g/mol. The van der Waals surface area contributed by atoms with Gasteiger partial charge in [-0.2, -0.15) is 0 Å². The molecule has 2 rings (SSSR count). The molecule has 18 heavy (non-hydrogen) atoms. The van der Waals surface area contributed by atoms with Gasteiger partial charge in [0.05, 0.1) is 15.6 Å². The number of pyridine rings is 1. The number of fused-ring (bicyclic) bond motifs is 1. The highest BCUT2D eigenvalue weighted by Gasteiger charge is 2.12. The maximum absolute atomic E-state index is 6.23. The largest absolute Gasteiger partial charge is 0.387 e. The minimum absolute atomic E-state index is 0.553. The molecular formula is C14H16Cl2N2. The number of hydrogen-bond donors (Lipinski definition) is 1. The molecule has 0 radical (unpaired) electrons. The second-order valence-corrected chi connectivity index (χ2v) is 5.58. The summed E-state index contributed by atoms with van der Waals surface area (Å²) in [5, 5.41) is 5.36. The van der Waals surface area contributed by atoms with Gasteiger partial charge < -0.3 is 5.32 Å². The minimum atomic E-state index is 0.553. The lowest BCUT2D eigenvalue weighted by Crippen LogP contribution is -2.01. The molecule has 0 amide bonds. The van der Waals surface area contributed by atoms with Gasteiger partial charge in [-0.05, 0) is 30.5 Å². The van der Waals surface area contributed by atoms with Crippen molar-refractivity contribution in [1.82, 2.24) is 4.98 Å². The Hall–Kier alpha value is -0.990. The van der Waals surface area contributed by atoms with Crippen molar-refractivity contribution in [3.05, 3.63) is 33.9 Å². The van der Waals surface area contributed by atoms with Gasteiger partial charge in [0.15, 0.2) is 0 Å². The molecule has 1 N–H and O–H groups in total. The van der Waals surface area contributed by atoms with Crippen LogP contribution in [0.4, 0.5) is 5.69 Å². The van der Waals surface area contributed by atoms with E-state index in [0.717, 1.165) is 28.7 Å². The molecule has 0 saturated heterocycles. The zero-order chi connectivity index (χ0) is 13.3. The van der Waals surface area contributed by atoms with Crippen LogP contribution in [0.25, 0.3) is 10.9 Å². The first-order valence-corrected chi connectivity index (χ1v) is 6.74. The lowest BCUT2D eigenvalue weighted by Gasteiger charge is -2.12. The highest BCUT2D eigenvalue weighted by atomic mass is 35.5. The minimum Gasteiger partial charge on any atom is -0.387 e. The van der Waals surface area contributed by atoms with Crippen LogP contribution in [0.5, 0.6) is 0 Å². The zero-order valence-electron chi connectivity index (χ0n) is 10.7. The van der Waals surface area contributed by atoms with Gasteiger partial charge in [-0.15, -0.1) is 0 Å². The summed E-state index contributed by atoms with van der Waals surface area (Å²) in [7, 11) is 1.88. The summed E-state index contributed by atoms with van der Waals surface area (Å²) >= 11 is 12.4. The number of aromatic nitrogens is 1. The molecule has 2 nitrogen and oxygen atoms in total. The van der Waals surface area contributed by atoms with E-state index in [1.54, 1.807) is 12.1 Å². The summed E-state index contributed by atoms with van der Waals surface area (Å²) in [6, 6.07) is 5.64. The molecule has 96 valence electrons. The van der Waals surface area contributed by atoms with Crippen molar-refractivity contribution in [1.29, 1.82) is 0 Å². The normalized spacial score (nSPS) is 11.2. The number of benzene rings is 1. The predicted octanol–water partition coefficient (Wildman–Crippen LogP) is 4.78. The van der Waals surface area contributed by atoms with Crippen molar-refractivity contribution in [3.8, 4) is 0 Å². The summed E-state index contributed by atoms with van der Waals surface area (Å²) in [5.41, 5.74) is 2.78. The van der Waals surface area contributed by atoms with Gasteiger partial charge in [-0.1, -0.05) is 37.0 Å². The molecule has 1 aromatic heterocycles. The van der Waals surface area contributed by atoms with Gasteiger partial charge in [0.2, 0.25) is 0 Å². The van der Waals surface area contributed by atoms with E-state index in [1.165, 1.54) is 0 Å². The molecule has 1 aromatic carbocycles. The van der Waals surface area contributed by atoms with Crippen LogP contribution in [0.2, 0.25) is 10.0 Å². The van der Waals surface area contributed by atoms with E-state index >= 15 is 0 Å². The molecule has 0 spiro atoms.